The van der Waals surface area contributed by atoms with Gasteiger partial charge in [-0.1, -0.05) is 51.3 Å². The third kappa shape index (κ3) is 3.52. The second-order valence-corrected chi connectivity index (χ2v) is 6.29. The van der Waals surface area contributed by atoms with Crippen molar-refractivity contribution in [1.29, 1.82) is 0 Å². The molecular formula is C16H25NS. The topological polar surface area (TPSA) is 12.0 Å². The first-order valence-electron chi connectivity index (χ1n) is 7.30. The summed E-state index contributed by atoms with van der Waals surface area (Å²) < 4.78 is 0. The molecule has 0 spiro atoms. The van der Waals surface area contributed by atoms with E-state index in [-0.39, 0.29) is 0 Å². The zero-order valence-corrected chi connectivity index (χ0v) is 12.4. The van der Waals surface area contributed by atoms with Crippen molar-refractivity contribution in [2.75, 3.05) is 12.3 Å². The molecule has 1 nitrogen and oxygen atoms in total. The number of hydrogen-bond donors (Lipinski definition) is 1. The molecule has 2 atom stereocenters. The van der Waals surface area contributed by atoms with Crippen molar-refractivity contribution in [1.82, 2.24) is 5.32 Å². The lowest BCUT2D eigenvalue weighted by Gasteiger charge is -2.19. The summed E-state index contributed by atoms with van der Waals surface area (Å²) in [5.41, 5.74) is 1.51. The van der Waals surface area contributed by atoms with Gasteiger partial charge in [-0.2, -0.15) is 0 Å². The van der Waals surface area contributed by atoms with E-state index in [0.29, 0.717) is 6.04 Å². The van der Waals surface area contributed by atoms with Crippen LogP contribution in [0.2, 0.25) is 0 Å². The van der Waals surface area contributed by atoms with Gasteiger partial charge in [0, 0.05) is 16.7 Å². The first-order valence-corrected chi connectivity index (χ1v) is 8.28. The van der Waals surface area contributed by atoms with Gasteiger partial charge in [-0.05, 0) is 30.5 Å². The van der Waals surface area contributed by atoms with Crippen molar-refractivity contribution in [2.45, 2.75) is 50.5 Å². The molecule has 1 aromatic rings. The molecule has 1 N–H and O–H groups in total. The molecular weight excluding hydrogens is 238 g/mol. The summed E-state index contributed by atoms with van der Waals surface area (Å²) >= 11 is 1.99. The van der Waals surface area contributed by atoms with Crippen molar-refractivity contribution in [2.24, 2.45) is 5.92 Å². The van der Waals surface area contributed by atoms with Gasteiger partial charge in [-0.3, -0.25) is 0 Å². The van der Waals surface area contributed by atoms with Gasteiger partial charge in [-0.25, -0.2) is 0 Å². The second kappa shape index (κ2) is 7.20. The maximum absolute atomic E-state index is 3.78. The van der Waals surface area contributed by atoms with E-state index in [9.17, 15) is 0 Å². The van der Waals surface area contributed by atoms with Gasteiger partial charge in [-0.15, -0.1) is 11.8 Å². The Hall–Kier alpha value is -0.470. The van der Waals surface area contributed by atoms with Crippen LogP contribution >= 0.6 is 11.8 Å². The lowest BCUT2D eigenvalue weighted by molar-refractivity contribution is 0.400. The second-order valence-electron chi connectivity index (χ2n) is 5.23. The van der Waals surface area contributed by atoms with E-state index in [2.05, 4.69) is 43.4 Å². The Morgan fingerprint density at radius 1 is 1.33 bits per heavy atom. The largest absolute Gasteiger partial charge is 0.309 e. The predicted octanol–water partition coefficient (Wildman–Crippen LogP) is 4.64. The molecule has 2 unspecified atom stereocenters. The molecule has 2 heteroatoms. The lowest BCUT2D eigenvalue weighted by Crippen LogP contribution is -2.27. The minimum absolute atomic E-state index is 0.571. The van der Waals surface area contributed by atoms with Crippen molar-refractivity contribution in [3.8, 4) is 0 Å². The highest BCUT2D eigenvalue weighted by molar-refractivity contribution is 7.99. The van der Waals surface area contributed by atoms with Crippen molar-refractivity contribution >= 4 is 11.8 Å². The van der Waals surface area contributed by atoms with Crippen LogP contribution in [0.4, 0.5) is 0 Å². The van der Waals surface area contributed by atoms with Gasteiger partial charge >= 0.3 is 0 Å². The highest BCUT2D eigenvalue weighted by Gasteiger charge is 2.22. The lowest BCUT2D eigenvalue weighted by atomic mass is 9.98. The third-order valence-electron chi connectivity index (χ3n) is 3.90. The Morgan fingerprint density at radius 3 is 2.94 bits per heavy atom. The Kier molecular flexibility index (Phi) is 5.58. The number of rotatable bonds is 7. The number of nitrogens with one attached hydrogen (secondary N) is 1. The van der Waals surface area contributed by atoms with E-state index in [1.54, 1.807) is 0 Å². The quantitative estimate of drug-likeness (QED) is 0.769. The third-order valence-corrected chi connectivity index (χ3v) is 5.08. The van der Waals surface area contributed by atoms with E-state index in [1.165, 1.54) is 48.4 Å². The van der Waals surface area contributed by atoms with Crippen LogP contribution in [0.3, 0.4) is 0 Å². The van der Waals surface area contributed by atoms with Gasteiger partial charge < -0.3 is 5.32 Å². The maximum Gasteiger partial charge on any atom is 0.0426 e. The monoisotopic (exact) mass is 263 g/mol. The fraction of sp³-hybridized carbons (Fsp3) is 0.625. The van der Waals surface area contributed by atoms with Crippen LogP contribution in [0, 0.1) is 5.92 Å². The van der Waals surface area contributed by atoms with Crippen molar-refractivity contribution < 1.29 is 0 Å². The molecule has 100 valence electrons. The molecule has 0 aliphatic carbocycles. The van der Waals surface area contributed by atoms with Gasteiger partial charge in [0.1, 0.15) is 0 Å². The zero-order valence-electron chi connectivity index (χ0n) is 11.6. The highest BCUT2D eigenvalue weighted by atomic mass is 32.2. The van der Waals surface area contributed by atoms with Gasteiger partial charge in [0.25, 0.3) is 0 Å². The first kappa shape index (κ1) is 14.0. The average Bonchev–Trinajstić information content (AvgIpc) is 2.82. The average molecular weight is 263 g/mol. The Balaban J connectivity index is 1.84. The van der Waals surface area contributed by atoms with Gasteiger partial charge in [0.2, 0.25) is 0 Å². The van der Waals surface area contributed by atoms with Crippen molar-refractivity contribution in [3.05, 3.63) is 29.8 Å². The number of unbranched alkanes of at least 4 members (excludes halogenated alkanes) is 1. The van der Waals surface area contributed by atoms with Crippen LogP contribution in [0.25, 0.3) is 0 Å². The molecule has 0 aromatic heterocycles. The number of thioether (sulfide) groups is 1. The molecule has 0 fully saturated rings. The summed E-state index contributed by atoms with van der Waals surface area (Å²) in [6, 6.07) is 9.40. The number of fused-ring (bicyclic) bond motifs is 1. The normalized spacial score (nSPS) is 19.8. The summed E-state index contributed by atoms with van der Waals surface area (Å²) in [6.07, 6.45) is 5.37. The van der Waals surface area contributed by atoms with Crippen molar-refractivity contribution in [3.63, 3.8) is 0 Å². The van der Waals surface area contributed by atoms with Crippen LogP contribution in [-0.2, 0) is 0 Å². The SMILES string of the molecule is CCCCC(CC)CNC1CSc2ccccc21. The molecule has 1 aliphatic heterocycles. The van der Waals surface area contributed by atoms with Crippen LogP contribution < -0.4 is 5.32 Å². The van der Waals surface area contributed by atoms with E-state index < -0.39 is 0 Å². The summed E-state index contributed by atoms with van der Waals surface area (Å²) in [7, 11) is 0. The Morgan fingerprint density at radius 2 is 2.17 bits per heavy atom. The molecule has 1 aromatic carbocycles. The maximum atomic E-state index is 3.78. The minimum atomic E-state index is 0.571. The van der Waals surface area contributed by atoms with E-state index >= 15 is 0 Å². The molecule has 1 aliphatic rings. The predicted molar refractivity (Wildman–Crippen MR) is 81.2 cm³/mol. The van der Waals surface area contributed by atoms with E-state index in [4.69, 9.17) is 0 Å². The highest BCUT2D eigenvalue weighted by Crippen LogP contribution is 2.37. The molecule has 18 heavy (non-hydrogen) atoms. The number of hydrogen-bond acceptors (Lipinski definition) is 2. The van der Waals surface area contributed by atoms with Gasteiger partial charge in [0.05, 0.1) is 0 Å². The van der Waals surface area contributed by atoms with Gasteiger partial charge in [0.15, 0.2) is 0 Å². The first-order chi connectivity index (χ1) is 8.85. The molecule has 0 saturated heterocycles. The minimum Gasteiger partial charge on any atom is -0.309 e. The van der Waals surface area contributed by atoms with Crippen LogP contribution in [0.1, 0.15) is 51.1 Å². The fourth-order valence-corrected chi connectivity index (χ4v) is 3.78. The Bertz CT molecular complexity index is 364. The summed E-state index contributed by atoms with van der Waals surface area (Å²) in [6.45, 7) is 5.78. The van der Waals surface area contributed by atoms with E-state index in [0.717, 1.165) is 5.92 Å². The molecule has 0 saturated carbocycles. The van der Waals surface area contributed by atoms with E-state index in [1.807, 2.05) is 11.8 Å². The Labute approximate surface area is 116 Å². The fourth-order valence-electron chi connectivity index (χ4n) is 2.58. The molecule has 1 heterocycles. The summed E-state index contributed by atoms with van der Waals surface area (Å²) in [4.78, 5) is 1.47. The molecule has 0 bridgehead atoms. The zero-order chi connectivity index (χ0) is 12.8. The molecule has 0 radical (unpaired) electrons. The summed E-state index contributed by atoms with van der Waals surface area (Å²) in [5.74, 6) is 2.05. The summed E-state index contributed by atoms with van der Waals surface area (Å²) in [5, 5.41) is 3.78. The smallest absolute Gasteiger partial charge is 0.0426 e. The molecule has 2 rings (SSSR count). The molecule has 0 amide bonds. The van der Waals surface area contributed by atoms with Crippen LogP contribution in [0.15, 0.2) is 29.2 Å². The van der Waals surface area contributed by atoms with Crippen LogP contribution in [0.5, 0.6) is 0 Å². The standard InChI is InChI=1S/C16H25NS/c1-3-5-8-13(4-2)11-17-15-12-18-16-10-7-6-9-14(15)16/h6-7,9-10,13,15,17H,3-5,8,11-12H2,1-2H3. The van der Waals surface area contributed by atoms with Crippen LogP contribution in [-0.4, -0.2) is 12.3 Å². The number of benzene rings is 1.